The van der Waals surface area contributed by atoms with Crippen molar-refractivity contribution >= 4 is 5.69 Å². The van der Waals surface area contributed by atoms with Gasteiger partial charge in [0.1, 0.15) is 6.10 Å². The average molecular weight is 200 g/mol. The Kier molecular flexibility index (Phi) is 2.61. The van der Waals surface area contributed by atoms with Gasteiger partial charge >= 0.3 is 0 Å². The minimum Gasteiger partial charge on any atom is -0.376 e. The molecule has 0 saturated heterocycles. The average Bonchev–Trinajstić information content (AvgIpc) is 2.82. The van der Waals surface area contributed by atoms with Crippen molar-refractivity contribution in [2.24, 2.45) is 0 Å². The summed E-state index contributed by atoms with van der Waals surface area (Å²) in [6.45, 7) is 0.775. The summed E-state index contributed by atoms with van der Waals surface area (Å²) < 4.78 is 0. The van der Waals surface area contributed by atoms with Gasteiger partial charge in [0.15, 0.2) is 0 Å². The molecule has 0 aromatic heterocycles. The molecule has 1 heterocycles. The summed E-state index contributed by atoms with van der Waals surface area (Å²) in [5.74, 6) is 2.29. The summed E-state index contributed by atoms with van der Waals surface area (Å²) in [5, 5.41) is 12.5. The monoisotopic (exact) mass is 200 g/mol. The zero-order valence-electron chi connectivity index (χ0n) is 8.22. The maximum atomic E-state index is 9.41. The Morgan fingerprint density at radius 1 is 1.40 bits per heavy atom. The Hall–Kier alpha value is -1.92. The van der Waals surface area contributed by atoms with Crippen molar-refractivity contribution in [2.45, 2.75) is 6.10 Å². The van der Waals surface area contributed by atoms with E-state index >= 15 is 0 Å². The zero-order valence-corrected chi connectivity index (χ0v) is 8.22. The quantitative estimate of drug-likeness (QED) is 0.704. The van der Waals surface area contributed by atoms with E-state index in [1.165, 1.54) is 0 Å². The van der Waals surface area contributed by atoms with Gasteiger partial charge in [-0.15, -0.1) is 6.42 Å². The molecule has 1 unspecified atom stereocenters. The van der Waals surface area contributed by atoms with Crippen molar-refractivity contribution in [3.8, 4) is 12.3 Å². The first-order valence-electron chi connectivity index (χ1n) is 4.72. The Morgan fingerprint density at radius 3 is 2.67 bits per heavy atom. The van der Waals surface area contributed by atoms with Crippen LogP contribution in [0, 0.1) is 12.3 Å². The zero-order chi connectivity index (χ0) is 10.7. The summed E-state index contributed by atoms with van der Waals surface area (Å²) in [6.07, 6.45) is 8.18. The fraction of sp³-hybridized carbons (Fsp3) is 0.167. The summed E-state index contributed by atoms with van der Waals surface area (Å²) in [6, 6.07) is 7.55. The van der Waals surface area contributed by atoms with Crippen molar-refractivity contribution < 1.29 is 5.11 Å². The molecule has 1 aliphatic heterocycles. The molecule has 0 saturated carbocycles. The number of rotatable bonds is 2. The Morgan fingerprint density at radius 2 is 2.13 bits per heavy atom. The number of nitrogens with zero attached hydrogens (tertiary/aromatic N) is 1. The highest BCUT2D eigenvalue weighted by Crippen LogP contribution is 2.19. The highest BCUT2D eigenvalue weighted by Gasteiger charge is 2.07. The van der Waals surface area contributed by atoms with Crippen molar-refractivity contribution in [1.29, 1.82) is 0 Å². The molecule has 1 aromatic rings. The van der Waals surface area contributed by atoms with E-state index in [1.807, 2.05) is 36.7 Å². The predicted octanol–water partition coefficient (Wildman–Crippen LogP) is 1.19. The van der Waals surface area contributed by atoms with Crippen LogP contribution >= 0.6 is 0 Å². The van der Waals surface area contributed by atoms with E-state index in [2.05, 4.69) is 16.1 Å². The molecule has 1 aliphatic rings. The normalized spacial score (nSPS) is 15.9. The third-order valence-electron chi connectivity index (χ3n) is 2.33. The SMILES string of the molecule is C#CC(O)c1ccc(N2C=CNC2)cc1. The molecular weight excluding hydrogens is 188 g/mol. The predicted molar refractivity (Wildman–Crippen MR) is 59.9 cm³/mol. The lowest BCUT2D eigenvalue weighted by Crippen LogP contribution is -2.19. The summed E-state index contributed by atoms with van der Waals surface area (Å²) in [4.78, 5) is 2.06. The van der Waals surface area contributed by atoms with Gasteiger partial charge in [-0.1, -0.05) is 18.1 Å². The van der Waals surface area contributed by atoms with Crippen LogP contribution in [0.25, 0.3) is 0 Å². The molecule has 0 aliphatic carbocycles. The van der Waals surface area contributed by atoms with E-state index in [9.17, 15) is 5.11 Å². The molecule has 3 heteroatoms. The van der Waals surface area contributed by atoms with Crippen molar-refractivity contribution in [3.05, 3.63) is 42.2 Å². The second kappa shape index (κ2) is 4.07. The van der Waals surface area contributed by atoms with Gasteiger partial charge in [-0.05, 0) is 17.7 Å². The lowest BCUT2D eigenvalue weighted by atomic mass is 10.1. The van der Waals surface area contributed by atoms with Crippen LogP contribution in [-0.2, 0) is 0 Å². The number of benzene rings is 1. The number of hydrogen-bond donors (Lipinski definition) is 2. The standard InChI is InChI=1S/C12H12N2O/c1-2-12(15)10-3-5-11(6-4-10)14-8-7-13-9-14/h1,3-8,12-13,15H,9H2. The van der Waals surface area contributed by atoms with E-state index in [-0.39, 0.29) is 0 Å². The lowest BCUT2D eigenvalue weighted by Gasteiger charge is -2.15. The number of aliphatic hydroxyl groups is 1. The van der Waals surface area contributed by atoms with Crippen LogP contribution in [-0.4, -0.2) is 11.8 Å². The van der Waals surface area contributed by atoms with Gasteiger partial charge in [-0.25, -0.2) is 0 Å². The molecule has 76 valence electrons. The molecule has 2 rings (SSSR count). The summed E-state index contributed by atoms with van der Waals surface area (Å²) >= 11 is 0. The summed E-state index contributed by atoms with van der Waals surface area (Å²) in [5.41, 5.74) is 1.82. The first-order chi connectivity index (χ1) is 7.31. The smallest absolute Gasteiger partial charge is 0.139 e. The highest BCUT2D eigenvalue weighted by atomic mass is 16.3. The molecule has 0 spiro atoms. The Bertz CT molecular complexity index is 403. The molecule has 15 heavy (non-hydrogen) atoms. The van der Waals surface area contributed by atoms with Gasteiger partial charge in [-0.3, -0.25) is 0 Å². The number of hydrogen-bond acceptors (Lipinski definition) is 3. The van der Waals surface area contributed by atoms with Gasteiger partial charge in [0.2, 0.25) is 0 Å². The molecule has 0 radical (unpaired) electrons. The molecular formula is C12H12N2O. The van der Waals surface area contributed by atoms with Crippen molar-refractivity contribution in [3.63, 3.8) is 0 Å². The minimum atomic E-state index is -0.814. The minimum absolute atomic E-state index is 0.748. The lowest BCUT2D eigenvalue weighted by molar-refractivity contribution is 0.238. The van der Waals surface area contributed by atoms with Crippen LogP contribution < -0.4 is 10.2 Å². The number of nitrogens with one attached hydrogen (secondary N) is 1. The Labute approximate surface area is 89.0 Å². The fourth-order valence-corrected chi connectivity index (χ4v) is 1.47. The first-order valence-corrected chi connectivity index (χ1v) is 4.72. The van der Waals surface area contributed by atoms with E-state index in [4.69, 9.17) is 6.42 Å². The topological polar surface area (TPSA) is 35.5 Å². The van der Waals surface area contributed by atoms with Gasteiger partial charge in [-0.2, -0.15) is 0 Å². The number of terminal acetylenes is 1. The van der Waals surface area contributed by atoms with E-state index in [0.717, 1.165) is 17.9 Å². The Balaban J connectivity index is 2.17. The third kappa shape index (κ3) is 1.95. The largest absolute Gasteiger partial charge is 0.376 e. The molecule has 1 atom stereocenters. The highest BCUT2D eigenvalue weighted by molar-refractivity contribution is 5.51. The van der Waals surface area contributed by atoms with Crippen LogP contribution in [0.4, 0.5) is 5.69 Å². The van der Waals surface area contributed by atoms with Crippen LogP contribution in [0.3, 0.4) is 0 Å². The number of aliphatic hydroxyl groups excluding tert-OH is 1. The van der Waals surface area contributed by atoms with Crippen LogP contribution in [0.5, 0.6) is 0 Å². The molecule has 0 bridgehead atoms. The van der Waals surface area contributed by atoms with Crippen molar-refractivity contribution in [1.82, 2.24) is 5.32 Å². The fourth-order valence-electron chi connectivity index (χ4n) is 1.47. The first kappa shape index (κ1) is 9.63. The summed E-state index contributed by atoms with van der Waals surface area (Å²) in [7, 11) is 0. The van der Waals surface area contributed by atoms with E-state index < -0.39 is 6.10 Å². The second-order valence-corrected chi connectivity index (χ2v) is 3.31. The molecule has 3 nitrogen and oxygen atoms in total. The second-order valence-electron chi connectivity index (χ2n) is 3.31. The molecule has 0 amide bonds. The third-order valence-corrected chi connectivity index (χ3v) is 2.33. The van der Waals surface area contributed by atoms with Crippen LogP contribution in [0.1, 0.15) is 11.7 Å². The maximum absolute atomic E-state index is 9.41. The maximum Gasteiger partial charge on any atom is 0.139 e. The van der Waals surface area contributed by atoms with E-state index in [1.54, 1.807) is 0 Å². The van der Waals surface area contributed by atoms with Gasteiger partial charge < -0.3 is 15.3 Å². The number of anilines is 1. The van der Waals surface area contributed by atoms with Crippen molar-refractivity contribution in [2.75, 3.05) is 11.6 Å². The van der Waals surface area contributed by atoms with E-state index in [0.29, 0.717) is 0 Å². The molecule has 1 aromatic carbocycles. The van der Waals surface area contributed by atoms with Gasteiger partial charge in [0, 0.05) is 18.1 Å². The van der Waals surface area contributed by atoms with Gasteiger partial charge in [0.25, 0.3) is 0 Å². The molecule has 0 fully saturated rings. The van der Waals surface area contributed by atoms with Crippen LogP contribution in [0.15, 0.2) is 36.7 Å². The van der Waals surface area contributed by atoms with Gasteiger partial charge in [0.05, 0.1) is 6.67 Å². The van der Waals surface area contributed by atoms with Crippen LogP contribution in [0.2, 0.25) is 0 Å². The molecule has 2 N–H and O–H groups in total.